The lowest BCUT2D eigenvalue weighted by Gasteiger charge is -2.05. The number of para-hydroxylation sites is 1. The predicted octanol–water partition coefficient (Wildman–Crippen LogP) is 3.90. The van der Waals surface area contributed by atoms with Crippen molar-refractivity contribution in [3.63, 3.8) is 0 Å². The zero-order valence-electron chi connectivity index (χ0n) is 9.87. The number of amides is 1. The minimum absolute atomic E-state index is 0.285. The SMILES string of the molecule is CCC/C(Cl)=N/OC(=O)Nc1ccccc1C. The molecule has 0 bridgehead atoms. The molecule has 0 saturated carbocycles. The first kappa shape index (κ1) is 13.5. The highest BCUT2D eigenvalue weighted by molar-refractivity contribution is 6.65. The van der Waals surface area contributed by atoms with E-state index in [0.29, 0.717) is 12.1 Å². The van der Waals surface area contributed by atoms with Crippen molar-refractivity contribution in [3.8, 4) is 0 Å². The van der Waals surface area contributed by atoms with Gasteiger partial charge in [0.2, 0.25) is 0 Å². The van der Waals surface area contributed by atoms with Crippen molar-refractivity contribution in [1.29, 1.82) is 0 Å². The number of carbonyl (C=O) groups excluding carboxylic acids is 1. The third kappa shape index (κ3) is 4.87. The fourth-order valence-corrected chi connectivity index (χ4v) is 1.41. The number of hydrogen-bond donors (Lipinski definition) is 1. The summed E-state index contributed by atoms with van der Waals surface area (Å²) < 4.78 is 0. The number of hydrogen-bond acceptors (Lipinski definition) is 3. The van der Waals surface area contributed by atoms with Gasteiger partial charge in [-0.2, -0.15) is 0 Å². The molecule has 4 nitrogen and oxygen atoms in total. The number of halogens is 1. The van der Waals surface area contributed by atoms with E-state index in [0.717, 1.165) is 12.0 Å². The molecule has 0 aliphatic heterocycles. The Bertz CT molecular complexity index is 419. The molecule has 1 rings (SSSR count). The van der Waals surface area contributed by atoms with Gasteiger partial charge in [-0.3, -0.25) is 10.2 Å². The van der Waals surface area contributed by atoms with Gasteiger partial charge < -0.3 is 0 Å². The molecule has 17 heavy (non-hydrogen) atoms. The van der Waals surface area contributed by atoms with Crippen molar-refractivity contribution < 1.29 is 9.63 Å². The van der Waals surface area contributed by atoms with Crippen LogP contribution >= 0.6 is 11.6 Å². The highest BCUT2D eigenvalue weighted by Gasteiger charge is 2.05. The van der Waals surface area contributed by atoms with Gasteiger partial charge in [0.1, 0.15) is 5.17 Å². The summed E-state index contributed by atoms with van der Waals surface area (Å²) in [5.41, 5.74) is 1.65. The maximum Gasteiger partial charge on any atom is 0.437 e. The standard InChI is InChI=1S/C12H15ClN2O2/c1-3-6-11(13)15-17-12(16)14-10-8-5-4-7-9(10)2/h4-5,7-8H,3,6H2,1-2H3,(H,14,16)/b15-11-. The summed E-state index contributed by atoms with van der Waals surface area (Å²) in [6.07, 6.45) is 0.804. The molecular formula is C12H15ClN2O2. The summed E-state index contributed by atoms with van der Waals surface area (Å²) in [5, 5.41) is 6.38. The van der Waals surface area contributed by atoms with Crippen LogP contribution in [0, 0.1) is 6.92 Å². The molecule has 0 unspecified atom stereocenters. The quantitative estimate of drug-likeness (QED) is 0.503. The normalized spacial score (nSPS) is 11.1. The number of carbonyl (C=O) groups is 1. The molecule has 0 heterocycles. The molecule has 0 aliphatic rings. The lowest BCUT2D eigenvalue weighted by molar-refractivity contribution is 0.166. The van der Waals surface area contributed by atoms with Crippen molar-refractivity contribution in [3.05, 3.63) is 29.8 Å². The van der Waals surface area contributed by atoms with E-state index in [9.17, 15) is 4.79 Å². The van der Waals surface area contributed by atoms with Crippen LogP contribution in [-0.2, 0) is 4.84 Å². The van der Waals surface area contributed by atoms with E-state index in [-0.39, 0.29) is 5.17 Å². The van der Waals surface area contributed by atoms with Crippen molar-refractivity contribution in [2.24, 2.45) is 5.16 Å². The first-order chi connectivity index (χ1) is 8.13. The monoisotopic (exact) mass is 254 g/mol. The summed E-state index contributed by atoms with van der Waals surface area (Å²) in [4.78, 5) is 16.0. The Labute approximate surface area is 106 Å². The summed E-state index contributed by atoms with van der Waals surface area (Å²) >= 11 is 5.70. The molecule has 5 heteroatoms. The average Bonchev–Trinajstić information content (AvgIpc) is 2.30. The van der Waals surface area contributed by atoms with Crippen LogP contribution in [0.3, 0.4) is 0 Å². The predicted molar refractivity (Wildman–Crippen MR) is 69.5 cm³/mol. The number of nitrogens with one attached hydrogen (secondary N) is 1. The second-order valence-electron chi connectivity index (χ2n) is 3.54. The molecule has 0 fully saturated rings. The molecule has 1 amide bonds. The molecule has 0 aliphatic carbocycles. The molecule has 0 saturated heterocycles. The molecule has 0 spiro atoms. The number of rotatable bonds is 4. The van der Waals surface area contributed by atoms with Crippen LogP contribution in [0.5, 0.6) is 0 Å². The number of anilines is 1. The van der Waals surface area contributed by atoms with Crippen LogP contribution < -0.4 is 5.32 Å². The smallest absolute Gasteiger partial charge is 0.297 e. The van der Waals surface area contributed by atoms with Gasteiger partial charge in [0, 0.05) is 12.1 Å². The summed E-state index contributed by atoms with van der Waals surface area (Å²) in [6, 6.07) is 7.40. The highest BCUT2D eigenvalue weighted by Crippen LogP contribution is 2.13. The van der Waals surface area contributed by atoms with E-state index >= 15 is 0 Å². The van der Waals surface area contributed by atoms with E-state index in [4.69, 9.17) is 11.6 Å². The van der Waals surface area contributed by atoms with Gasteiger partial charge in [0.25, 0.3) is 0 Å². The number of oxime groups is 1. The van der Waals surface area contributed by atoms with Gasteiger partial charge in [-0.25, -0.2) is 4.79 Å². The van der Waals surface area contributed by atoms with Crippen molar-refractivity contribution >= 4 is 28.6 Å². The van der Waals surface area contributed by atoms with E-state index < -0.39 is 6.09 Å². The second-order valence-corrected chi connectivity index (χ2v) is 3.97. The first-order valence-electron chi connectivity index (χ1n) is 5.39. The van der Waals surface area contributed by atoms with Gasteiger partial charge in [-0.05, 0) is 25.0 Å². The van der Waals surface area contributed by atoms with Gasteiger partial charge in [-0.1, -0.05) is 41.9 Å². The van der Waals surface area contributed by atoms with Gasteiger partial charge in [-0.15, -0.1) is 0 Å². The topological polar surface area (TPSA) is 50.7 Å². The summed E-state index contributed by atoms with van der Waals surface area (Å²) in [6.45, 7) is 3.86. The summed E-state index contributed by atoms with van der Waals surface area (Å²) in [7, 11) is 0. The molecule has 92 valence electrons. The van der Waals surface area contributed by atoms with Gasteiger partial charge in [0.05, 0.1) is 0 Å². The van der Waals surface area contributed by atoms with Crippen LogP contribution in [0.4, 0.5) is 10.5 Å². The van der Waals surface area contributed by atoms with Crippen LogP contribution in [0.1, 0.15) is 25.3 Å². The Morgan fingerprint density at radius 1 is 1.47 bits per heavy atom. The van der Waals surface area contributed by atoms with E-state index in [1.807, 2.05) is 32.0 Å². The number of aryl methyl sites for hydroxylation is 1. The zero-order valence-corrected chi connectivity index (χ0v) is 10.6. The maximum absolute atomic E-state index is 11.4. The van der Waals surface area contributed by atoms with Gasteiger partial charge >= 0.3 is 6.09 Å². The number of benzene rings is 1. The van der Waals surface area contributed by atoms with E-state index in [2.05, 4.69) is 15.3 Å². The third-order valence-electron chi connectivity index (χ3n) is 2.07. The maximum atomic E-state index is 11.4. The zero-order chi connectivity index (χ0) is 12.7. The van der Waals surface area contributed by atoms with Crippen molar-refractivity contribution in [1.82, 2.24) is 0 Å². The number of nitrogens with zero attached hydrogens (tertiary/aromatic N) is 1. The highest BCUT2D eigenvalue weighted by atomic mass is 35.5. The first-order valence-corrected chi connectivity index (χ1v) is 5.77. The molecule has 0 atom stereocenters. The summed E-state index contributed by atoms with van der Waals surface area (Å²) in [5.74, 6) is 0. The Morgan fingerprint density at radius 3 is 2.82 bits per heavy atom. The lowest BCUT2D eigenvalue weighted by Crippen LogP contribution is -2.12. The lowest BCUT2D eigenvalue weighted by atomic mass is 10.2. The Kier molecular flexibility index (Phi) is 5.49. The molecule has 0 aromatic heterocycles. The fourth-order valence-electron chi connectivity index (χ4n) is 1.19. The van der Waals surface area contributed by atoms with Crippen LogP contribution in [0.25, 0.3) is 0 Å². The largest absolute Gasteiger partial charge is 0.437 e. The Hall–Kier alpha value is -1.55. The minimum atomic E-state index is -0.645. The minimum Gasteiger partial charge on any atom is -0.297 e. The molecule has 1 N–H and O–H groups in total. The van der Waals surface area contributed by atoms with Crippen LogP contribution in [0.2, 0.25) is 0 Å². The fraction of sp³-hybridized carbons (Fsp3) is 0.333. The van der Waals surface area contributed by atoms with Crippen molar-refractivity contribution in [2.75, 3.05) is 5.32 Å². The average molecular weight is 255 g/mol. The molecule has 1 aromatic carbocycles. The second kappa shape index (κ2) is 6.91. The van der Waals surface area contributed by atoms with E-state index in [1.54, 1.807) is 6.07 Å². The van der Waals surface area contributed by atoms with E-state index in [1.165, 1.54) is 0 Å². The Balaban J connectivity index is 2.51. The molecular weight excluding hydrogens is 240 g/mol. The Morgan fingerprint density at radius 2 is 2.18 bits per heavy atom. The van der Waals surface area contributed by atoms with Crippen LogP contribution in [0.15, 0.2) is 29.4 Å². The molecule has 1 aromatic rings. The third-order valence-corrected chi connectivity index (χ3v) is 2.32. The van der Waals surface area contributed by atoms with Crippen molar-refractivity contribution in [2.45, 2.75) is 26.7 Å². The molecule has 0 radical (unpaired) electrons. The van der Waals surface area contributed by atoms with Gasteiger partial charge in [0.15, 0.2) is 0 Å². The van der Waals surface area contributed by atoms with Crippen LogP contribution in [-0.4, -0.2) is 11.3 Å².